The van der Waals surface area contributed by atoms with Crippen LogP contribution in [-0.2, 0) is 29.1 Å². The van der Waals surface area contributed by atoms with Crippen molar-refractivity contribution in [2.24, 2.45) is 0 Å². The van der Waals surface area contributed by atoms with Crippen LogP contribution in [0, 0.1) is 6.92 Å². The van der Waals surface area contributed by atoms with Gasteiger partial charge in [-0.2, -0.15) is 5.10 Å². The highest BCUT2D eigenvalue weighted by Gasteiger charge is 2.20. The molecule has 0 radical (unpaired) electrons. The van der Waals surface area contributed by atoms with Gasteiger partial charge in [-0.15, -0.1) is 0 Å². The third-order valence-corrected chi connectivity index (χ3v) is 4.31. The van der Waals surface area contributed by atoms with Gasteiger partial charge in [0, 0.05) is 49.0 Å². The van der Waals surface area contributed by atoms with E-state index in [0.717, 1.165) is 39.0 Å². The van der Waals surface area contributed by atoms with E-state index in [9.17, 15) is 9.90 Å². The molecule has 0 fully saturated rings. The molecule has 0 aliphatic carbocycles. The molecule has 3 aromatic rings. The van der Waals surface area contributed by atoms with Crippen molar-refractivity contribution in [1.29, 1.82) is 0 Å². The molecule has 3 rings (SSSR count). The van der Waals surface area contributed by atoms with Gasteiger partial charge in [0.25, 0.3) is 0 Å². The molecule has 1 N–H and O–H groups in total. The lowest BCUT2D eigenvalue weighted by Crippen LogP contribution is -2.08. The van der Waals surface area contributed by atoms with E-state index in [1.807, 2.05) is 24.6 Å². The van der Waals surface area contributed by atoms with Gasteiger partial charge in [0.2, 0.25) is 0 Å². The largest absolute Gasteiger partial charge is 0.481 e. The van der Waals surface area contributed by atoms with Crippen LogP contribution in [0.4, 0.5) is 0 Å². The van der Waals surface area contributed by atoms with Crippen molar-refractivity contribution in [3.05, 3.63) is 41.5 Å². The van der Waals surface area contributed by atoms with E-state index in [1.54, 1.807) is 25.7 Å². The summed E-state index contributed by atoms with van der Waals surface area (Å²) >= 11 is 0. The fourth-order valence-corrected chi connectivity index (χ4v) is 3.19. The van der Waals surface area contributed by atoms with Gasteiger partial charge in [-0.1, -0.05) is 0 Å². The van der Waals surface area contributed by atoms with Gasteiger partial charge in [0.15, 0.2) is 5.65 Å². The summed E-state index contributed by atoms with van der Waals surface area (Å²) in [7, 11) is 1.61. The predicted octanol–water partition coefficient (Wildman–Crippen LogP) is 2.99. The molecule has 0 aromatic carbocycles. The standard InChI is InChI=1S/C19H22N4O3/c1-4-23-19-15(10-21-23)18(13-7-12(2)8-20-9-13)14(5-6-17(24)25)16(22-19)11-26-3/h7-10H,4-6,11H2,1-3H3,(H,24,25). The first-order valence-electron chi connectivity index (χ1n) is 8.55. The molecule has 7 nitrogen and oxygen atoms in total. The fraction of sp³-hybridized carbons (Fsp3) is 0.368. The van der Waals surface area contributed by atoms with Crippen LogP contribution in [-0.4, -0.2) is 37.9 Å². The van der Waals surface area contributed by atoms with E-state index < -0.39 is 5.97 Å². The molecule has 136 valence electrons. The average molecular weight is 354 g/mol. The van der Waals surface area contributed by atoms with E-state index in [2.05, 4.69) is 10.1 Å². The molecule has 7 heteroatoms. The number of aryl methyl sites for hydroxylation is 2. The van der Waals surface area contributed by atoms with Gasteiger partial charge in [-0.3, -0.25) is 9.78 Å². The molecule has 3 heterocycles. The van der Waals surface area contributed by atoms with E-state index in [4.69, 9.17) is 9.72 Å². The van der Waals surface area contributed by atoms with Crippen LogP contribution in [0.1, 0.15) is 30.2 Å². The Balaban J connectivity index is 2.33. The van der Waals surface area contributed by atoms with Crippen LogP contribution in [0.3, 0.4) is 0 Å². The zero-order chi connectivity index (χ0) is 18.7. The summed E-state index contributed by atoms with van der Waals surface area (Å²) in [5.41, 5.74) is 5.31. The second-order valence-corrected chi connectivity index (χ2v) is 6.19. The minimum Gasteiger partial charge on any atom is -0.481 e. The van der Waals surface area contributed by atoms with Crippen molar-refractivity contribution in [3.8, 4) is 11.1 Å². The van der Waals surface area contributed by atoms with Gasteiger partial charge in [-0.25, -0.2) is 9.67 Å². The number of carboxylic acid groups (broad SMARTS) is 1. The molecular formula is C19H22N4O3. The Morgan fingerprint density at radius 2 is 2.12 bits per heavy atom. The Morgan fingerprint density at radius 1 is 1.31 bits per heavy atom. The fourth-order valence-electron chi connectivity index (χ4n) is 3.19. The minimum atomic E-state index is -0.842. The molecule has 0 aliphatic heterocycles. The number of ether oxygens (including phenoxy) is 1. The normalized spacial score (nSPS) is 11.2. The number of nitrogens with zero attached hydrogens (tertiary/aromatic N) is 4. The smallest absolute Gasteiger partial charge is 0.303 e. The lowest BCUT2D eigenvalue weighted by Gasteiger charge is -2.16. The number of aliphatic carboxylic acids is 1. The molecule has 0 spiro atoms. The first-order valence-corrected chi connectivity index (χ1v) is 8.55. The number of rotatable bonds is 7. The van der Waals surface area contributed by atoms with E-state index in [1.165, 1.54) is 0 Å². The molecule has 3 aromatic heterocycles. The Morgan fingerprint density at radius 3 is 2.77 bits per heavy atom. The molecule has 0 unspecified atom stereocenters. The van der Waals surface area contributed by atoms with E-state index in [0.29, 0.717) is 19.6 Å². The number of carboxylic acids is 1. The van der Waals surface area contributed by atoms with Crippen molar-refractivity contribution >= 4 is 17.0 Å². The lowest BCUT2D eigenvalue weighted by molar-refractivity contribution is -0.136. The van der Waals surface area contributed by atoms with Gasteiger partial charge in [0.1, 0.15) is 0 Å². The molecule has 0 aliphatic rings. The number of methoxy groups -OCH3 is 1. The number of pyridine rings is 2. The maximum atomic E-state index is 11.2. The zero-order valence-corrected chi connectivity index (χ0v) is 15.2. The maximum Gasteiger partial charge on any atom is 0.303 e. The summed E-state index contributed by atoms with van der Waals surface area (Å²) in [6.07, 6.45) is 5.79. The van der Waals surface area contributed by atoms with Crippen LogP contribution in [0.25, 0.3) is 22.2 Å². The lowest BCUT2D eigenvalue weighted by atomic mass is 9.93. The molecular weight excluding hydrogens is 332 g/mol. The summed E-state index contributed by atoms with van der Waals surface area (Å²) in [5, 5.41) is 14.5. The van der Waals surface area contributed by atoms with Crippen LogP contribution >= 0.6 is 0 Å². The first kappa shape index (κ1) is 18.0. The summed E-state index contributed by atoms with van der Waals surface area (Å²) in [5.74, 6) is -0.842. The van der Waals surface area contributed by atoms with Crippen molar-refractivity contribution in [3.63, 3.8) is 0 Å². The second-order valence-electron chi connectivity index (χ2n) is 6.19. The quantitative estimate of drug-likeness (QED) is 0.701. The van der Waals surface area contributed by atoms with Crippen molar-refractivity contribution in [2.75, 3.05) is 7.11 Å². The predicted molar refractivity (Wildman–Crippen MR) is 97.8 cm³/mol. The second kappa shape index (κ2) is 7.61. The van der Waals surface area contributed by atoms with Crippen molar-refractivity contribution < 1.29 is 14.6 Å². The number of fused-ring (bicyclic) bond motifs is 1. The number of carbonyl (C=O) groups is 1. The topological polar surface area (TPSA) is 90.1 Å². The summed E-state index contributed by atoms with van der Waals surface area (Å²) in [6, 6.07) is 2.05. The van der Waals surface area contributed by atoms with E-state index in [-0.39, 0.29) is 6.42 Å². The van der Waals surface area contributed by atoms with Gasteiger partial charge < -0.3 is 9.84 Å². The van der Waals surface area contributed by atoms with Crippen LogP contribution in [0.2, 0.25) is 0 Å². The molecule has 26 heavy (non-hydrogen) atoms. The Bertz CT molecular complexity index is 949. The van der Waals surface area contributed by atoms with Crippen molar-refractivity contribution in [1.82, 2.24) is 19.7 Å². The Labute approximate surface area is 151 Å². The first-order chi connectivity index (χ1) is 12.5. The van der Waals surface area contributed by atoms with E-state index >= 15 is 0 Å². The average Bonchev–Trinajstić information content (AvgIpc) is 3.02. The molecule has 0 saturated carbocycles. The number of hydrogen-bond donors (Lipinski definition) is 1. The van der Waals surface area contributed by atoms with Crippen LogP contribution in [0.5, 0.6) is 0 Å². The molecule has 0 bridgehead atoms. The third-order valence-electron chi connectivity index (χ3n) is 4.31. The summed E-state index contributed by atoms with van der Waals surface area (Å²) in [6.45, 7) is 5.00. The highest BCUT2D eigenvalue weighted by Crippen LogP contribution is 2.34. The summed E-state index contributed by atoms with van der Waals surface area (Å²) in [4.78, 5) is 20.2. The highest BCUT2D eigenvalue weighted by atomic mass is 16.5. The van der Waals surface area contributed by atoms with Gasteiger partial charge >= 0.3 is 5.97 Å². The minimum absolute atomic E-state index is 0.0259. The monoisotopic (exact) mass is 354 g/mol. The third kappa shape index (κ3) is 3.43. The zero-order valence-electron chi connectivity index (χ0n) is 15.2. The molecule has 0 atom stereocenters. The number of hydrogen-bond acceptors (Lipinski definition) is 5. The number of aromatic nitrogens is 4. The Kier molecular flexibility index (Phi) is 5.27. The highest BCUT2D eigenvalue weighted by molar-refractivity contribution is 5.95. The summed E-state index contributed by atoms with van der Waals surface area (Å²) < 4.78 is 7.17. The van der Waals surface area contributed by atoms with Crippen LogP contribution in [0.15, 0.2) is 24.7 Å². The molecule has 0 saturated heterocycles. The SMILES string of the molecule is CCn1ncc2c(-c3cncc(C)c3)c(CCC(=O)O)c(COC)nc21. The molecule has 0 amide bonds. The maximum absolute atomic E-state index is 11.2. The van der Waals surface area contributed by atoms with Crippen molar-refractivity contribution in [2.45, 2.75) is 39.8 Å². The Hall–Kier alpha value is -2.80. The van der Waals surface area contributed by atoms with Gasteiger partial charge in [-0.05, 0) is 37.5 Å². The van der Waals surface area contributed by atoms with Crippen LogP contribution < -0.4 is 0 Å². The van der Waals surface area contributed by atoms with Gasteiger partial charge in [0.05, 0.1) is 18.5 Å².